The van der Waals surface area contributed by atoms with Gasteiger partial charge in [-0.15, -0.1) is 0 Å². The van der Waals surface area contributed by atoms with Crippen LogP contribution in [0.15, 0.2) is 22.7 Å². The van der Waals surface area contributed by atoms with E-state index in [0.29, 0.717) is 17.5 Å². The molecular weight excluding hydrogens is 270 g/mol. The van der Waals surface area contributed by atoms with Gasteiger partial charge in [-0.3, -0.25) is 0 Å². The molecule has 2 N–H and O–H groups in total. The molecule has 1 aromatic carbocycles. The molecule has 0 radical (unpaired) electrons. The summed E-state index contributed by atoms with van der Waals surface area (Å²) in [7, 11) is 0. The average Bonchev–Trinajstić information content (AvgIpc) is 2.80. The summed E-state index contributed by atoms with van der Waals surface area (Å²) in [4.78, 5) is 4.09. The monoisotopic (exact) mass is 289 g/mol. The van der Waals surface area contributed by atoms with E-state index in [4.69, 9.17) is 19.7 Å². The van der Waals surface area contributed by atoms with Crippen molar-refractivity contribution in [3.63, 3.8) is 0 Å². The van der Waals surface area contributed by atoms with Gasteiger partial charge in [0.1, 0.15) is 17.1 Å². The highest BCUT2D eigenvalue weighted by Gasteiger charge is 2.31. The second-order valence-electron chi connectivity index (χ2n) is 5.90. The van der Waals surface area contributed by atoms with Gasteiger partial charge in [0.05, 0.1) is 0 Å². The summed E-state index contributed by atoms with van der Waals surface area (Å²) in [5.74, 6) is 2.51. The minimum Gasteiger partial charge on any atom is -0.487 e. The molecule has 1 atom stereocenters. The molecule has 2 aromatic rings. The summed E-state index contributed by atoms with van der Waals surface area (Å²) in [6.07, 6.45) is 0.793. The van der Waals surface area contributed by atoms with E-state index >= 15 is 0 Å². The van der Waals surface area contributed by atoms with Crippen LogP contribution < -0.4 is 15.2 Å². The maximum absolute atomic E-state index is 6.19. The molecule has 1 aliphatic heterocycles. The summed E-state index contributed by atoms with van der Waals surface area (Å²) in [6.45, 7) is 6.06. The fraction of sp³-hybridized carbons (Fsp3) is 0.467. The second-order valence-corrected chi connectivity index (χ2v) is 5.90. The van der Waals surface area contributed by atoms with Crippen LogP contribution >= 0.6 is 0 Å². The van der Waals surface area contributed by atoms with E-state index in [2.05, 4.69) is 10.1 Å². The number of fused-ring (bicyclic) bond motifs is 1. The van der Waals surface area contributed by atoms with E-state index in [0.717, 1.165) is 17.7 Å². The number of hydrogen-bond acceptors (Lipinski definition) is 6. The average molecular weight is 289 g/mol. The van der Waals surface area contributed by atoms with Crippen molar-refractivity contribution < 1.29 is 14.0 Å². The Balaban J connectivity index is 1.76. The van der Waals surface area contributed by atoms with Crippen molar-refractivity contribution >= 4 is 0 Å². The lowest BCUT2D eigenvalue weighted by atomic mass is 9.90. The largest absolute Gasteiger partial charge is 0.487 e. The molecule has 0 bridgehead atoms. The van der Waals surface area contributed by atoms with E-state index in [9.17, 15) is 0 Å². The van der Waals surface area contributed by atoms with Crippen LogP contribution in [0.3, 0.4) is 0 Å². The van der Waals surface area contributed by atoms with E-state index in [1.54, 1.807) is 6.92 Å². The van der Waals surface area contributed by atoms with Crippen molar-refractivity contribution in [1.29, 1.82) is 0 Å². The molecule has 1 aromatic heterocycles. The Kier molecular flexibility index (Phi) is 3.33. The zero-order valence-corrected chi connectivity index (χ0v) is 12.4. The number of ether oxygens (including phenoxy) is 2. The first-order valence-corrected chi connectivity index (χ1v) is 6.93. The molecule has 21 heavy (non-hydrogen) atoms. The standard InChI is InChI=1S/C15H19N3O3/c1-9-17-14(21-18-9)8-19-10-4-5-11-12(16)7-15(2,3)20-13(11)6-10/h4-6,12H,7-8,16H2,1-3H3. The number of nitrogens with two attached hydrogens (primary N) is 1. The number of aryl methyl sites for hydroxylation is 1. The zero-order chi connectivity index (χ0) is 15.0. The van der Waals surface area contributed by atoms with Crippen LogP contribution in [0.2, 0.25) is 0 Å². The number of rotatable bonds is 3. The highest BCUT2D eigenvalue weighted by Crippen LogP contribution is 2.40. The van der Waals surface area contributed by atoms with Crippen molar-refractivity contribution in [3.8, 4) is 11.5 Å². The summed E-state index contributed by atoms with van der Waals surface area (Å²) in [6, 6.07) is 5.67. The van der Waals surface area contributed by atoms with E-state index < -0.39 is 0 Å². The van der Waals surface area contributed by atoms with Crippen LogP contribution in [0.1, 0.15) is 43.6 Å². The lowest BCUT2D eigenvalue weighted by Gasteiger charge is -2.36. The Hall–Kier alpha value is -2.08. The SMILES string of the molecule is Cc1noc(COc2ccc3c(c2)OC(C)(C)CC3N)n1. The van der Waals surface area contributed by atoms with Crippen LogP contribution in [0, 0.1) is 6.92 Å². The Labute approximate surface area is 123 Å². The maximum Gasteiger partial charge on any atom is 0.264 e. The van der Waals surface area contributed by atoms with Gasteiger partial charge in [0.25, 0.3) is 5.89 Å². The van der Waals surface area contributed by atoms with Gasteiger partial charge in [0.2, 0.25) is 0 Å². The number of hydrogen-bond donors (Lipinski definition) is 1. The van der Waals surface area contributed by atoms with Gasteiger partial charge in [-0.25, -0.2) is 0 Å². The van der Waals surface area contributed by atoms with Crippen molar-refractivity contribution in [2.45, 2.75) is 45.4 Å². The fourth-order valence-corrected chi connectivity index (χ4v) is 2.52. The molecule has 0 saturated carbocycles. The lowest BCUT2D eigenvalue weighted by Crippen LogP contribution is -2.37. The first-order valence-electron chi connectivity index (χ1n) is 6.93. The smallest absolute Gasteiger partial charge is 0.264 e. The van der Waals surface area contributed by atoms with Gasteiger partial charge < -0.3 is 19.7 Å². The summed E-state index contributed by atoms with van der Waals surface area (Å²) < 4.78 is 16.6. The van der Waals surface area contributed by atoms with Gasteiger partial charge in [0.15, 0.2) is 12.4 Å². The van der Waals surface area contributed by atoms with Gasteiger partial charge in [-0.2, -0.15) is 4.98 Å². The molecule has 0 fully saturated rings. The van der Waals surface area contributed by atoms with E-state index in [-0.39, 0.29) is 18.2 Å². The minimum atomic E-state index is -0.269. The molecular formula is C15H19N3O3. The van der Waals surface area contributed by atoms with Gasteiger partial charge in [0, 0.05) is 24.1 Å². The Morgan fingerprint density at radius 1 is 1.43 bits per heavy atom. The van der Waals surface area contributed by atoms with Gasteiger partial charge in [-0.05, 0) is 26.8 Å². The predicted molar refractivity (Wildman–Crippen MR) is 76.1 cm³/mol. The summed E-state index contributed by atoms with van der Waals surface area (Å²) >= 11 is 0. The topological polar surface area (TPSA) is 83.4 Å². The number of aromatic nitrogens is 2. The van der Waals surface area contributed by atoms with Crippen LogP contribution in [-0.4, -0.2) is 15.7 Å². The predicted octanol–water partition coefficient (Wildman–Crippen LogP) is 2.52. The van der Waals surface area contributed by atoms with Crippen LogP contribution in [0.25, 0.3) is 0 Å². The third-order valence-corrected chi connectivity index (χ3v) is 3.41. The van der Waals surface area contributed by atoms with E-state index in [1.807, 2.05) is 32.0 Å². The van der Waals surface area contributed by atoms with Crippen LogP contribution in [-0.2, 0) is 6.61 Å². The Morgan fingerprint density at radius 2 is 2.24 bits per heavy atom. The molecule has 3 rings (SSSR count). The summed E-state index contributed by atoms with van der Waals surface area (Å²) in [5, 5.41) is 3.72. The van der Waals surface area contributed by atoms with Crippen molar-refractivity contribution in [3.05, 3.63) is 35.5 Å². The number of benzene rings is 1. The molecule has 0 saturated heterocycles. The van der Waals surface area contributed by atoms with Gasteiger partial charge in [-0.1, -0.05) is 11.2 Å². The maximum atomic E-state index is 6.19. The molecule has 2 heterocycles. The van der Waals surface area contributed by atoms with Crippen LogP contribution in [0.4, 0.5) is 0 Å². The van der Waals surface area contributed by atoms with Crippen molar-refractivity contribution in [1.82, 2.24) is 10.1 Å². The number of nitrogens with zero attached hydrogens (tertiary/aromatic N) is 2. The first kappa shape index (κ1) is 13.9. The van der Waals surface area contributed by atoms with E-state index in [1.165, 1.54) is 0 Å². The van der Waals surface area contributed by atoms with Gasteiger partial charge >= 0.3 is 0 Å². The third kappa shape index (κ3) is 3.00. The lowest BCUT2D eigenvalue weighted by molar-refractivity contribution is 0.0723. The molecule has 112 valence electrons. The minimum absolute atomic E-state index is 0.0172. The zero-order valence-electron chi connectivity index (χ0n) is 12.4. The quantitative estimate of drug-likeness (QED) is 0.934. The first-order chi connectivity index (χ1) is 9.93. The fourth-order valence-electron chi connectivity index (χ4n) is 2.52. The van der Waals surface area contributed by atoms with Crippen LogP contribution in [0.5, 0.6) is 11.5 Å². The second kappa shape index (κ2) is 5.04. The Bertz CT molecular complexity index is 651. The molecule has 6 heteroatoms. The highest BCUT2D eigenvalue weighted by molar-refractivity contribution is 5.44. The van der Waals surface area contributed by atoms with Crippen molar-refractivity contribution in [2.75, 3.05) is 0 Å². The molecule has 1 unspecified atom stereocenters. The molecule has 0 spiro atoms. The molecule has 0 aliphatic carbocycles. The van der Waals surface area contributed by atoms with Crippen molar-refractivity contribution in [2.24, 2.45) is 5.73 Å². The normalized spacial score (nSPS) is 19.7. The highest BCUT2D eigenvalue weighted by atomic mass is 16.5. The third-order valence-electron chi connectivity index (χ3n) is 3.41. The molecule has 0 amide bonds. The Morgan fingerprint density at radius 3 is 2.95 bits per heavy atom. The molecule has 1 aliphatic rings. The molecule has 6 nitrogen and oxygen atoms in total. The summed E-state index contributed by atoms with van der Waals surface area (Å²) in [5.41, 5.74) is 6.93.